The van der Waals surface area contributed by atoms with Gasteiger partial charge in [-0.15, -0.1) is 0 Å². The molecule has 0 saturated heterocycles. The average molecular weight is 785 g/mol. The summed E-state index contributed by atoms with van der Waals surface area (Å²) in [5, 5.41) is -1.44. The van der Waals surface area contributed by atoms with Crippen LogP contribution in [-0.4, -0.2) is 37.1 Å². The van der Waals surface area contributed by atoms with Crippen molar-refractivity contribution in [1.29, 1.82) is 0 Å². The zero-order valence-electron chi connectivity index (χ0n) is 26.9. The zero-order valence-corrected chi connectivity index (χ0v) is 31.4. The molecule has 0 radical (unpaired) electrons. The van der Waals surface area contributed by atoms with Gasteiger partial charge in [-0.25, -0.2) is 19.2 Å². The zero-order chi connectivity index (χ0) is 35.6. The van der Waals surface area contributed by atoms with E-state index in [1.54, 1.807) is 0 Å². The Hall–Kier alpha value is -1.94. The highest BCUT2D eigenvalue weighted by Gasteiger charge is 2.44. The highest BCUT2D eigenvalue weighted by Crippen LogP contribution is 2.51. The van der Waals surface area contributed by atoms with Gasteiger partial charge >= 0.3 is 23.9 Å². The molecule has 0 N–H and O–H groups in total. The van der Waals surface area contributed by atoms with E-state index in [0.717, 1.165) is 63.5 Å². The summed E-state index contributed by atoms with van der Waals surface area (Å²) in [6.07, 6.45) is 7.72. The van der Waals surface area contributed by atoms with Crippen molar-refractivity contribution < 1.29 is 38.1 Å². The summed E-state index contributed by atoms with van der Waals surface area (Å²) in [6, 6.07) is 2.27. The van der Waals surface area contributed by atoms with Crippen LogP contribution in [0.4, 0.5) is 0 Å². The van der Waals surface area contributed by atoms with Gasteiger partial charge in [-0.1, -0.05) is 110 Å². The number of benzene rings is 2. The van der Waals surface area contributed by atoms with E-state index < -0.39 is 46.5 Å². The van der Waals surface area contributed by atoms with Crippen LogP contribution in [0.5, 0.6) is 11.5 Å². The molecule has 2 fully saturated rings. The van der Waals surface area contributed by atoms with Crippen LogP contribution in [0.15, 0.2) is 12.1 Å². The molecular weight excluding hydrogens is 749 g/mol. The minimum atomic E-state index is -1.63. The highest BCUT2D eigenvalue weighted by atomic mass is 35.5. The van der Waals surface area contributed by atoms with Crippen molar-refractivity contribution in [2.24, 2.45) is 22.7 Å². The fourth-order valence-electron chi connectivity index (χ4n) is 6.54. The first-order valence-corrected chi connectivity index (χ1v) is 18.0. The van der Waals surface area contributed by atoms with Crippen molar-refractivity contribution in [2.75, 3.05) is 13.2 Å². The van der Waals surface area contributed by atoms with Crippen LogP contribution in [0.3, 0.4) is 0 Å². The monoisotopic (exact) mass is 782 g/mol. The number of rotatable bonds is 12. The van der Waals surface area contributed by atoms with E-state index in [-0.39, 0.29) is 66.0 Å². The molecule has 262 valence electrons. The van der Waals surface area contributed by atoms with Gasteiger partial charge in [-0.3, -0.25) is 0 Å². The maximum atomic E-state index is 13.3. The summed E-state index contributed by atoms with van der Waals surface area (Å²) >= 11 is 37.6. The Morgan fingerprint density at radius 3 is 1.29 bits per heavy atom. The lowest BCUT2D eigenvalue weighted by Crippen LogP contribution is -2.40. The standard InChI is InChI=1S/C34H36Cl6O8/c1-5-9-33(3)11-7-17(33)15-45-29(41)23-25(39)19(35)13-21(37)27(23)47-31(43)32(44)48-28-22(38)14-20(36)26(40)24(28)30(42)46-16-18-8-12-34(18,4)10-6-2/h13-14,17-18H,5-12,15-16H2,1-4H3. The Morgan fingerprint density at radius 2 is 1.00 bits per heavy atom. The van der Waals surface area contributed by atoms with Crippen LogP contribution < -0.4 is 9.47 Å². The van der Waals surface area contributed by atoms with Crippen molar-refractivity contribution in [1.82, 2.24) is 0 Å². The maximum absolute atomic E-state index is 13.3. The molecule has 4 atom stereocenters. The smallest absolute Gasteiger partial charge is 0.423 e. The minimum absolute atomic E-state index is 0.0355. The normalized spacial score (nSPS) is 23.0. The predicted molar refractivity (Wildman–Crippen MR) is 186 cm³/mol. The first-order chi connectivity index (χ1) is 22.6. The van der Waals surface area contributed by atoms with Gasteiger partial charge in [0.25, 0.3) is 0 Å². The first kappa shape index (κ1) is 38.9. The molecule has 2 aromatic rings. The molecule has 2 aliphatic rings. The predicted octanol–water partition coefficient (Wildman–Crippen LogP) is 10.9. The van der Waals surface area contributed by atoms with Gasteiger partial charge in [-0.2, -0.15) is 0 Å². The molecule has 48 heavy (non-hydrogen) atoms. The summed E-state index contributed by atoms with van der Waals surface area (Å²) in [5.74, 6) is -6.06. The van der Waals surface area contributed by atoms with Crippen molar-refractivity contribution in [3.05, 3.63) is 53.4 Å². The molecule has 8 nitrogen and oxygen atoms in total. The molecule has 2 saturated carbocycles. The van der Waals surface area contributed by atoms with Gasteiger partial charge in [0, 0.05) is 0 Å². The summed E-state index contributed by atoms with van der Waals surface area (Å²) in [4.78, 5) is 52.6. The van der Waals surface area contributed by atoms with E-state index in [0.29, 0.717) is 0 Å². The molecule has 0 amide bonds. The van der Waals surface area contributed by atoms with Gasteiger partial charge in [-0.05, 0) is 73.3 Å². The third-order valence-corrected chi connectivity index (χ3v) is 11.9. The molecule has 0 aromatic heterocycles. The number of carbonyl (C=O) groups is 4. The SMILES string of the molecule is CCCC1(C)CCC1COC(=O)c1c(Cl)c(Cl)cc(Cl)c1OC(=O)C(=O)Oc1c(Cl)cc(Cl)c(Cl)c1C(=O)OCC1CCC1(C)CCC. The Bertz CT molecular complexity index is 1500. The van der Waals surface area contributed by atoms with Gasteiger partial charge in [0.05, 0.1) is 43.3 Å². The Morgan fingerprint density at radius 1 is 0.646 bits per heavy atom. The number of hydrogen-bond acceptors (Lipinski definition) is 8. The van der Waals surface area contributed by atoms with E-state index in [1.165, 1.54) is 0 Å². The molecule has 2 aromatic carbocycles. The molecule has 2 aliphatic carbocycles. The lowest BCUT2D eigenvalue weighted by atomic mass is 9.59. The molecular formula is C34H36Cl6O8. The molecule has 0 aliphatic heterocycles. The third kappa shape index (κ3) is 8.16. The summed E-state index contributed by atoms with van der Waals surface area (Å²) in [7, 11) is 0. The molecule has 4 rings (SSSR count). The van der Waals surface area contributed by atoms with Crippen LogP contribution in [0, 0.1) is 22.7 Å². The second-order valence-corrected chi connectivity index (χ2v) is 15.4. The Kier molecular flexibility index (Phi) is 12.9. The largest absolute Gasteiger partial charge is 0.462 e. The fraction of sp³-hybridized carbons (Fsp3) is 0.529. The van der Waals surface area contributed by atoms with E-state index >= 15 is 0 Å². The Labute approximate surface area is 309 Å². The topological polar surface area (TPSA) is 105 Å². The minimum Gasteiger partial charge on any atom is -0.462 e. The number of ether oxygens (including phenoxy) is 4. The Balaban J connectivity index is 1.52. The summed E-state index contributed by atoms with van der Waals surface area (Å²) in [5.41, 5.74) is -0.828. The number of carbonyl (C=O) groups excluding carboxylic acids is 4. The summed E-state index contributed by atoms with van der Waals surface area (Å²) < 4.78 is 21.6. The molecule has 4 unspecified atom stereocenters. The van der Waals surface area contributed by atoms with E-state index in [2.05, 4.69) is 27.7 Å². The number of hydrogen-bond donors (Lipinski definition) is 0. The number of esters is 4. The van der Waals surface area contributed by atoms with E-state index in [1.807, 2.05) is 0 Å². The third-order valence-electron chi connectivity index (χ3n) is 9.79. The second-order valence-electron chi connectivity index (χ2n) is 13.0. The summed E-state index contributed by atoms with van der Waals surface area (Å²) in [6.45, 7) is 8.66. The van der Waals surface area contributed by atoms with Gasteiger partial charge < -0.3 is 18.9 Å². The van der Waals surface area contributed by atoms with Crippen molar-refractivity contribution in [2.45, 2.75) is 79.1 Å². The van der Waals surface area contributed by atoms with Crippen LogP contribution in [0.25, 0.3) is 0 Å². The van der Waals surface area contributed by atoms with Crippen molar-refractivity contribution in [3.8, 4) is 11.5 Å². The first-order valence-electron chi connectivity index (χ1n) is 15.7. The quantitative estimate of drug-likeness (QED) is 0.0907. The molecule has 0 bridgehead atoms. The molecule has 14 heteroatoms. The van der Waals surface area contributed by atoms with Crippen molar-refractivity contribution >= 4 is 93.5 Å². The van der Waals surface area contributed by atoms with Crippen molar-refractivity contribution in [3.63, 3.8) is 0 Å². The maximum Gasteiger partial charge on any atom is 0.423 e. The van der Waals surface area contributed by atoms with Gasteiger partial charge in [0.15, 0.2) is 11.5 Å². The van der Waals surface area contributed by atoms with Gasteiger partial charge in [0.2, 0.25) is 0 Å². The molecule has 0 spiro atoms. The lowest BCUT2D eigenvalue weighted by Gasteiger charge is -2.47. The fourth-order valence-corrected chi connectivity index (χ4v) is 7.98. The van der Waals surface area contributed by atoms with E-state index in [9.17, 15) is 19.2 Å². The van der Waals surface area contributed by atoms with E-state index in [4.69, 9.17) is 88.6 Å². The second kappa shape index (κ2) is 15.9. The number of halogens is 6. The van der Waals surface area contributed by atoms with Crippen LogP contribution in [-0.2, 0) is 19.1 Å². The van der Waals surface area contributed by atoms with Crippen LogP contribution in [0.2, 0.25) is 30.1 Å². The lowest BCUT2D eigenvalue weighted by molar-refractivity contribution is -0.156. The highest BCUT2D eigenvalue weighted by molar-refractivity contribution is 6.47. The van der Waals surface area contributed by atoms with Crippen LogP contribution >= 0.6 is 69.6 Å². The molecule has 0 heterocycles. The van der Waals surface area contributed by atoms with Gasteiger partial charge in [0.1, 0.15) is 11.1 Å². The van der Waals surface area contributed by atoms with Crippen LogP contribution in [0.1, 0.15) is 99.8 Å². The average Bonchev–Trinajstić information content (AvgIpc) is 3.01.